The zero-order chi connectivity index (χ0) is 12.2. The van der Waals surface area contributed by atoms with Crippen LogP contribution in [-0.4, -0.2) is 15.2 Å². The Bertz CT molecular complexity index is 469. The van der Waals surface area contributed by atoms with Gasteiger partial charge in [0.15, 0.2) is 6.79 Å². The lowest BCUT2D eigenvalue weighted by molar-refractivity contribution is 0.140. The second-order valence-corrected chi connectivity index (χ2v) is 5.22. The van der Waals surface area contributed by atoms with Gasteiger partial charge in [0.05, 0.1) is 10.0 Å². The largest absolute Gasteiger partial charge is 0.329 e. The van der Waals surface area contributed by atoms with E-state index in [9.17, 15) is 13.0 Å². The molecule has 5 nitrogen and oxygen atoms in total. The van der Waals surface area contributed by atoms with Crippen LogP contribution in [0.4, 0.5) is 0 Å². The summed E-state index contributed by atoms with van der Waals surface area (Å²) in [5.74, 6) is 0. The minimum Gasteiger partial charge on any atom is -0.265 e. The fraction of sp³-hybridized carbons (Fsp3) is 0.143. The molecule has 0 radical (unpaired) electrons. The van der Waals surface area contributed by atoms with Crippen molar-refractivity contribution in [3.05, 3.63) is 28.2 Å². The van der Waals surface area contributed by atoms with Crippen LogP contribution in [0, 0.1) is 0 Å². The van der Waals surface area contributed by atoms with Crippen LogP contribution in [0.3, 0.4) is 0 Å². The molecule has 1 aromatic rings. The molecule has 0 saturated carbocycles. The molecule has 16 heavy (non-hydrogen) atoms. The summed E-state index contributed by atoms with van der Waals surface area (Å²) in [6, 6.07) is 4.21. The highest BCUT2D eigenvalue weighted by atomic mass is 35.5. The van der Waals surface area contributed by atoms with Crippen molar-refractivity contribution in [3.63, 3.8) is 0 Å². The predicted octanol–water partition coefficient (Wildman–Crippen LogP) is 2.88. The molecule has 0 saturated heterocycles. The molecule has 0 fully saturated rings. The standard InChI is InChI=1S/C7H5Cl2O5PS/c8-5-2-1-3-6(9)7(5)16(11,12)14-4-13-15-10/h1-3H,4H2. The minimum absolute atomic E-state index is 0.0628. The molecule has 0 unspecified atom stereocenters. The molecule has 88 valence electrons. The fourth-order valence-electron chi connectivity index (χ4n) is 0.887. The average molecular weight is 303 g/mol. The third-order valence-electron chi connectivity index (χ3n) is 1.48. The maximum absolute atomic E-state index is 11.6. The molecule has 0 aliphatic heterocycles. The van der Waals surface area contributed by atoms with Crippen molar-refractivity contribution in [2.75, 3.05) is 6.79 Å². The Morgan fingerprint density at radius 3 is 2.31 bits per heavy atom. The van der Waals surface area contributed by atoms with E-state index in [1.807, 2.05) is 0 Å². The zero-order valence-corrected chi connectivity index (χ0v) is 10.8. The monoisotopic (exact) mass is 302 g/mol. The quantitative estimate of drug-likeness (QED) is 0.362. The molecule has 0 bridgehead atoms. The van der Waals surface area contributed by atoms with Crippen molar-refractivity contribution >= 4 is 42.0 Å². The summed E-state index contributed by atoms with van der Waals surface area (Å²) in [6.07, 6.45) is 0. The Morgan fingerprint density at radius 1 is 1.25 bits per heavy atom. The molecule has 0 aliphatic rings. The van der Waals surface area contributed by atoms with E-state index in [0.29, 0.717) is 0 Å². The van der Waals surface area contributed by atoms with E-state index in [1.54, 1.807) is 0 Å². The van der Waals surface area contributed by atoms with Gasteiger partial charge < -0.3 is 0 Å². The summed E-state index contributed by atoms with van der Waals surface area (Å²) in [7, 11) is -4.81. The van der Waals surface area contributed by atoms with E-state index >= 15 is 0 Å². The van der Waals surface area contributed by atoms with Crippen molar-refractivity contribution < 1.29 is 21.7 Å². The Balaban J connectivity index is 3.03. The molecule has 1 aromatic carbocycles. The first-order valence-corrected chi connectivity index (χ1v) is 6.66. The van der Waals surface area contributed by atoms with Gasteiger partial charge in [-0.1, -0.05) is 29.3 Å². The second kappa shape index (κ2) is 5.91. The van der Waals surface area contributed by atoms with Crippen molar-refractivity contribution in [3.8, 4) is 0 Å². The van der Waals surface area contributed by atoms with Gasteiger partial charge in [-0.15, -0.1) is 0 Å². The van der Waals surface area contributed by atoms with Gasteiger partial charge in [0.2, 0.25) is 0 Å². The number of hydrogen-bond donors (Lipinski definition) is 0. The maximum atomic E-state index is 11.6. The Labute approximate surface area is 104 Å². The summed E-state index contributed by atoms with van der Waals surface area (Å²) in [6.45, 7) is -0.686. The molecule has 0 spiro atoms. The van der Waals surface area contributed by atoms with Crippen LogP contribution < -0.4 is 0 Å². The summed E-state index contributed by atoms with van der Waals surface area (Å²) < 4.78 is 41.6. The van der Waals surface area contributed by atoms with Crippen LogP contribution in [0.2, 0.25) is 10.0 Å². The summed E-state index contributed by atoms with van der Waals surface area (Å²) in [5, 5.41) is -0.126. The Morgan fingerprint density at radius 2 is 1.81 bits per heavy atom. The van der Waals surface area contributed by atoms with Crippen LogP contribution in [0.15, 0.2) is 23.1 Å². The molecule has 0 aliphatic carbocycles. The van der Waals surface area contributed by atoms with E-state index in [4.69, 9.17) is 23.2 Å². The zero-order valence-electron chi connectivity index (χ0n) is 7.59. The number of rotatable bonds is 5. The highest BCUT2D eigenvalue weighted by Crippen LogP contribution is 2.30. The SMILES string of the molecule is O=POCOS(=O)(=O)c1c(Cl)cccc1Cl. The van der Waals surface area contributed by atoms with Crippen LogP contribution >= 0.6 is 31.9 Å². The van der Waals surface area contributed by atoms with Gasteiger partial charge in [-0.25, -0.2) is 8.75 Å². The normalized spacial score (nSPS) is 11.9. The molecular formula is C7H5Cl2O5PS. The maximum Gasteiger partial charge on any atom is 0.329 e. The Kier molecular flexibility index (Phi) is 5.11. The van der Waals surface area contributed by atoms with Crippen molar-refractivity contribution in [1.82, 2.24) is 0 Å². The second-order valence-electron chi connectivity index (χ2n) is 2.44. The lowest BCUT2D eigenvalue weighted by atomic mass is 10.4. The molecule has 0 N–H and O–H groups in total. The van der Waals surface area contributed by atoms with E-state index < -0.39 is 25.6 Å². The van der Waals surface area contributed by atoms with Gasteiger partial charge in [0, 0.05) is 0 Å². The topological polar surface area (TPSA) is 69.7 Å². The molecule has 0 amide bonds. The fourth-order valence-corrected chi connectivity index (χ4v) is 2.92. The van der Waals surface area contributed by atoms with Crippen molar-refractivity contribution in [1.29, 1.82) is 0 Å². The van der Waals surface area contributed by atoms with E-state index in [-0.39, 0.29) is 14.9 Å². The summed E-state index contributed by atoms with van der Waals surface area (Å²) in [4.78, 5) is -0.343. The number of halogens is 2. The van der Waals surface area contributed by atoms with Gasteiger partial charge in [-0.2, -0.15) is 8.42 Å². The van der Waals surface area contributed by atoms with Gasteiger partial charge in [0.25, 0.3) is 0 Å². The lowest BCUT2D eigenvalue weighted by Crippen LogP contribution is -2.08. The molecule has 0 heterocycles. The van der Waals surface area contributed by atoms with E-state index in [0.717, 1.165) is 0 Å². The van der Waals surface area contributed by atoms with E-state index in [2.05, 4.69) is 8.71 Å². The predicted molar refractivity (Wildman–Crippen MR) is 58.3 cm³/mol. The first kappa shape index (κ1) is 13.8. The molecular weight excluding hydrogens is 298 g/mol. The molecule has 9 heteroatoms. The van der Waals surface area contributed by atoms with Crippen molar-refractivity contribution in [2.45, 2.75) is 4.90 Å². The highest BCUT2D eigenvalue weighted by Gasteiger charge is 2.22. The average Bonchev–Trinajstić information content (AvgIpc) is 2.17. The van der Waals surface area contributed by atoms with Gasteiger partial charge in [-0.3, -0.25) is 4.52 Å². The summed E-state index contributed by atoms with van der Waals surface area (Å²) in [5.41, 5.74) is 0. The minimum atomic E-state index is -4.13. The van der Waals surface area contributed by atoms with Gasteiger partial charge in [-0.05, 0) is 12.1 Å². The van der Waals surface area contributed by atoms with Crippen molar-refractivity contribution in [2.24, 2.45) is 0 Å². The smallest absolute Gasteiger partial charge is 0.265 e. The third-order valence-corrected chi connectivity index (χ3v) is 3.89. The van der Waals surface area contributed by atoms with Crippen LogP contribution in [0.25, 0.3) is 0 Å². The van der Waals surface area contributed by atoms with Gasteiger partial charge in [0.1, 0.15) is 4.90 Å². The molecule has 0 atom stereocenters. The van der Waals surface area contributed by atoms with Crippen LogP contribution in [-0.2, 0) is 23.4 Å². The van der Waals surface area contributed by atoms with Crippen LogP contribution in [0.1, 0.15) is 0 Å². The lowest BCUT2D eigenvalue weighted by Gasteiger charge is -2.07. The number of benzene rings is 1. The van der Waals surface area contributed by atoms with Crippen LogP contribution in [0.5, 0.6) is 0 Å². The van der Waals surface area contributed by atoms with Gasteiger partial charge >= 0.3 is 18.8 Å². The summed E-state index contributed by atoms with van der Waals surface area (Å²) >= 11 is 11.4. The first-order chi connectivity index (χ1) is 7.49. The molecule has 1 rings (SSSR count). The highest BCUT2D eigenvalue weighted by molar-refractivity contribution is 7.87. The molecule has 0 aromatic heterocycles. The third kappa shape index (κ3) is 3.38. The first-order valence-electron chi connectivity index (χ1n) is 3.77. The number of hydrogen-bond acceptors (Lipinski definition) is 5. The Hall–Kier alpha value is -0.230. The van der Waals surface area contributed by atoms with E-state index in [1.165, 1.54) is 18.2 Å².